The van der Waals surface area contributed by atoms with E-state index in [1.165, 1.54) is 19.3 Å². The van der Waals surface area contributed by atoms with Crippen LogP contribution in [0.3, 0.4) is 0 Å². The average molecular weight is 304 g/mol. The van der Waals surface area contributed by atoms with Gasteiger partial charge in [-0.2, -0.15) is 0 Å². The van der Waals surface area contributed by atoms with Gasteiger partial charge >= 0.3 is 0 Å². The van der Waals surface area contributed by atoms with Crippen molar-refractivity contribution < 1.29 is 9.90 Å². The zero-order valence-corrected chi connectivity index (χ0v) is 12.5. The fourth-order valence-electron chi connectivity index (χ4n) is 3.35. The van der Waals surface area contributed by atoms with E-state index in [9.17, 15) is 4.79 Å². The van der Waals surface area contributed by atoms with Crippen LogP contribution in [-0.4, -0.2) is 17.6 Å². The number of anilines is 1. The van der Waals surface area contributed by atoms with Crippen LogP contribution >= 0.6 is 11.6 Å². The molecule has 2 aliphatic rings. The largest absolute Gasteiger partial charge is 0.395 e. The fraction of sp³-hybridized carbons (Fsp3) is 0.471. The maximum Gasteiger partial charge on any atom is 0.228 e. The molecule has 2 fully saturated rings. The first-order chi connectivity index (χ1) is 10.2. The van der Waals surface area contributed by atoms with E-state index < -0.39 is 0 Å². The number of halogens is 1. The van der Waals surface area contributed by atoms with Crippen molar-refractivity contribution in [2.75, 3.05) is 11.9 Å². The molecule has 2 aliphatic carbocycles. The molecule has 110 valence electrons. The average Bonchev–Trinajstić information content (AvgIpc) is 2.96. The highest BCUT2D eigenvalue weighted by molar-refractivity contribution is 6.33. The molecule has 0 bridgehead atoms. The van der Waals surface area contributed by atoms with Gasteiger partial charge in [-0.25, -0.2) is 0 Å². The van der Waals surface area contributed by atoms with Gasteiger partial charge in [-0.15, -0.1) is 0 Å². The molecule has 2 unspecified atom stereocenters. The van der Waals surface area contributed by atoms with Crippen molar-refractivity contribution in [1.82, 2.24) is 0 Å². The Bertz CT molecular complexity index is 607. The van der Waals surface area contributed by atoms with Gasteiger partial charge in [0.25, 0.3) is 0 Å². The molecule has 21 heavy (non-hydrogen) atoms. The molecular formula is C17H18ClNO2. The second-order valence-corrected chi connectivity index (χ2v) is 6.15. The number of nitrogens with one attached hydrogen (secondary N) is 1. The van der Waals surface area contributed by atoms with Gasteiger partial charge in [0, 0.05) is 17.9 Å². The summed E-state index contributed by atoms with van der Waals surface area (Å²) >= 11 is 6.14. The molecule has 0 aliphatic heterocycles. The van der Waals surface area contributed by atoms with Gasteiger partial charge in [-0.05, 0) is 42.9 Å². The summed E-state index contributed by atoms with van der Waals surface area (Å²) < 4.78 is 0. The van der Waals surface area contributed by atoms with E-state index >= 15 is 0 Å². The quantitative estimate of drug-likeness (QED) is 0.843. The topological polar surface area (TPSA) is 49.3 Å². The Hall–Kier alpha value is -1.50. The molecule has 1 aromatic rings. The van der Waals surface area contributed by atoms with Crippen molar-refractivity contribution in [3.63, 3.8) is 0 Å². The summed E-state index contributed by atoms with van der Waals surface area (Å²) in [4.78, 5) is 12.3. The van der Waals surface area contributed by atoms with Crippen molar-refractivity contribution in [2.45, 2.75) is 25.7 Å². The van der Waals surface area contributed by atoms with E-state index in [-0.39, 0.29) is 18.4 Å². The number of hydrogen-bond acceptors (Lipinski definition) is 2. The zero-order chi connectivity index (χ0) is 14.8. The number of aliphatic hydroxyl groups excluding tert-OH is 1. The molecule has 2 N–H and O–H groups in total. The van der Waals surface area contributed by atoms with Gasteiger partial charge < -0.3 is 10.4 Å². The van der Waals surface area contributed by atoms with Gasteiger partial charge in [0.15, 0.2) is 0 Å². The normalized spacial score (nSPS) is 25.7. The summed E-state index contributed by atoms with van der Waals surface area (Å²) in [5, 5.41) is 12.2. The summed E-state index contributed by atoms with van der Waals surface area (Å²) in [5.41, 5.74) is 1.42. The number of amides is 1. The molecule has 1 amide bonds. The fourth-order valence-corrected chi connectivity index (χ4v) is 3.51. The Morgan fingerprint density at radius 3 is 2.86 bits per heavy atom. The first kappa shape index (κ1) is 14.4. The van der Waals surface area contributed by atoms with E-state index in [4.69, 9.17) is 16.7 Å². The molecule has 3 rings (SSSR count). The first-order valence-electron chi connectivity index (χ1n) is 7.41. The number of benzene rings is 1. The Morgan fingerprint density at radius 2 is 2.14 bits per heavy atom. The van der Waals surface area contributed by atoms with Crippen LogP contribution in [-0.2, 0) is 4.79 Å². The van der Waals surface area contributed by atoms with Crippen LogP contribution in [0.15, 0.2) is 18.2 Å². The van der Waals surface area contributed by atoms with Crippen LogP contribution in [0, 0.1) is 29.6 Å². The van der Waals surface area contributed by atoms with Gasteiger partial charge in [-0.3, -0.25) is 4.79 Å². The zero-order valence-electron chi connectivity index (χ0n) is 11.7. The Morgan fingerprint density at radius 1 is 1.38 bits per heavy atom. The highest BCUT2D eigenvalue weighted by atomic mass is 35.5. The molecule has 0 aromatic heterocycles. The summed E-state index contributed by atoms with van der Waals surface area (Å²) in [6.45, 7) is 0.0502. The van der Waals surface area contributed by atoms with Crippen LogP contribution in [0.4, 0.5) is 5.69 Å². The molecule has 0 heterocycles. The lowest BCUT2D eigenvalue weighted by Crippen LogP contribution is -2.16. The number of rotatable bonds is 3. The van der Waals surface area contributed by atoms with Crippen molar-refractivity contribution in [1.29, 1.82) is 0 Å². The molecule has 2 saturated carbocycles. The Balaban J connectivity index is 1.68. The van der Waals surface area contributed by atoms with Crippen LogP contribution in [0.5, 0.6) is 0 Å². The summed E-state index contributed by atoms with van der Waals surface area (Å²) in [5.74, 6) is 7.27. The maximum absolute atomic E-state index is 12.3. The van der Waals surface area contributed by atoms with E-state index in [2.05, 4.69) is 17.2 Å². The lowest BCUT2D eigenvalue weighted by atomic mass is 10.1. The van der Waals surface area contributed by atoms with Gasteiger partial charge in [0.2, 0.25) is 5.91 Å². The summed E-state index contributed by atoms with van der Waals surface area (Å²) in [6, 6.07) is 5.35. The van der Waals surface area contributed by atoms with Crippen LogP contribution in [0.2, 0.25) is 5.02 Å². The van der Waals surface area contributed by atoms with Gasteiger partial charge in [0.05, 0.1) is 17.3 Å². The lowest BCUT2D eigenvalue weighted by molar-refractivity contribution is -0.118. The molecule has 0 radical (unpaired) electrons. The number of aliphatic hydroxyl groups is 1. The van der Waals surface area contributed by atoms with Gasteiger partial charge in [-0.1, -0.05) is 29.9 Å². The van der Waals surface area contributed by atoms with Crippen LogP contribution in [0.25, 0.3) is 0 Å². The van der Waals surface area contributed by atoms with Crippen molar-refractivity contribution in [2.24, 2.45) is 17.8 Å². The number of fused-ring (bicyclic) bond motifs is 1. The molecule has 0 spiro atoms. The minimum Gasteiger partial charge on any atom is -0.395 e. The number of hydrogen-bond donors (Lipinski definition) is 2. The Labute approximate surface area is 129 Å². The molecule has 0 saturated heterocycles. The first-order valence-corrected chi connectivity index (χ1v) is 7.78. The Kier molecular flexibility index (Phi) is 4.19. The summed E-state index contributed by atoms with van der Waals surface area (Å²) in [6.07, 6.45) is 4.07. The highest BCUT2D eigenvalue weighted by Crippen LogP contribution is 2.57. The molecular weight excluding hydrogens is 286 g/mol. The lowest BCUT2D eigenvalue weighted by Gasteiger charge is -2.09. The second kappa shape index (κ2) is 6.09. The highest BCUT2D eigenvalue weighted by Gasteiger charge is 2.56. The third-order valence-corrected chi connectivity index (χ3v) is 4.73. The standard InChI is InChI=1S/C17H18ClNO2/c18-14-8-7-11(4-1-2-9-20)10-15(14)19-17(21)16-12-5-3-6-13(12)16/h7-8,10,12-13,16,20H,2-3,5-6,9H2,(H,19,21). The minimum absolute atomic E-state index is 0.0502. The molecule has 3 nitrogen and oxygen atoms in total. The number of carbonyl (C=O) groups is 1. The maximum atomic E-state index is 12.3. The molecule has 4 heteroatoms. The smallest absolute Gasteiger partial charge is 0.228 e. The van der Waals surface area contributed by atoms with E-state index in [1.54, 1.807) is 12.1 Å². The third kappa shape index (κ3) is 3.07. The predicted molar refractivity (Wildman–Crippen MR) is 83.0 cm³/mol. The monoisotopic (exact) mass is 303 g/mol. The van der Waals surface area contributed by atoms with Crippen molar-refractivity contribution in [3.8, 4) is 11.8 Å². The third-order valence-electron chi connectivity index (χ3n) is 4.40. The summed E-state index contributed by atoms with van der Waals surface area (Å²) in [7, 11) is 0. The number of carbonyl (C=O) groups excluding carboxylic acids is 1. The van der Waals surface area contributed by atoms with E-state index in [0.29, 0.717) is 29.0 Å². The van der Waals surface area contributed by atoms with E-state index in [1.807, 2.05) is 6.07 Å². The van der Waals surface area contributed by atoms with Crippen LogP contribution < -0.4 is 5.32 Å². The van der Waals surface area contributed by atoms with Gasteiger partial charge in [0.1, 0.15) is 0 Å². The molecule has 1 aromatic carbocycles. The van der Waals surface area contributed by atoms with Crippen molar-refractivity contribution in [3.05, 3.63) is 28.8 Å². The van der Waals surface area contributed by atoms with Crippen molar-refractivity contribution >= 4 is 23.2 Å². The minimum atomic E-state index is 0.0502. The van der Waals surface area contributed by atoms with E-state index in [0.717, 1.165) is 5.56 Å². The SMILES string of the molecule is O=C(Nc1cc(C#CCCO)ccc1Cl)C1C2CCCC21. The predicted octanol–water partition coefficient (Wildman–Crippen LogP) is 3.06. The second-order valence-electron chi connectivity index (χ2n) is 5.74. The molecule has 2 atom stereocenters. The van der Waals surface area contributed by atoms with Crippen LogP contribution in [0.1, 0.15) is 31.2 Å².